The Hall–Kier alpha value is -1.99. The first-order chi connectivity index (χ1) is 23.7. The summed E-state index contributed by atoms with van der Waals surface area (Å²) >= 11 is 0. The van der Waals surface area contributed by atoms with E-state index < -0.39 is 0 Å². The third-order valence-electron chi connectivity index (χ3n) is 9.42. The first-order valence-electron chi connectivity index (χ1n) is 20.2. The maximum absolute atomic E-state index is 11.6. The number of nitrogens with zero attached hydrogens (tertiary/aromatic N) is 2. The zero-order chi connectivity index (χ0) is 35.2. The van der Waals surface area contributed by atoms with Gasteiger partial charge in [-0.05, 0) is 73.9 Å². The van der Waals surface area contributed by atoms with Crippen LogP contribution in [0.5, 0.6) is 0 Å². The van der Waals surface area contributed by atoms with E-state index in [1.54, 1.807) is 13.8 Å². The zero-order valence-electron chi connectivity index (χ0n) is 32.6. The van der Waals surface area contributed by atoms with E-state index in [1.165, 1.54) is 150 Å². The smallest absolute Gasteiger partial charge is 0.493 e. The second-order valence-electron chi connectivity index (χ2n) is 13.4. The van der Waals surface area contributed by atoms with Crippen LogP contribution in [0.2, 0.25) is 0 Å². The predicted octanol–water partition coefficient (Wildman–Crippen LogP) is 15.5. The Balaban J connectivity index is 0.00000444. The molecule has 0 N–H and O–H groups in total. The van der Waals surface area contributed by atoms with Crippen molar-refractivity contribution in [3.8, 4) is 0 Å². The molecule has 0 unspecified atom stereocenters. The Morgan fingerprint density at radius 2 is 0.878 bits per heavy atom. The molecule has 0 atom stereocenters. The molecule has 2 aromatic carbocycles. The minimum atomic E-state index is 0. The minimum absolute atomic E-state index is 0. The maximum Gasteiger partial charge on any atom is 2.00 e. The zero-order valence-corrected chi connectivity index (χ0v) is 33.6. The molecule has 0 radical (unpaired) electrons. The van der Waals surface area contributed by atoms with Gasteiger partial charge < -0.3 is 19.4 Å². The average Bonchev–Trinajstić information content (AvgIpc) is 3.47. The molecule has 49 heavy (non-hydrogen) atoms. The first kappa shape index (κ1) is 47.0. The van der Waals surface area contributed by atoms with Crippen LogP contribution in [0, 0.1) is 13.8 Å². The average molecular weight is 714 g/mol. The van der Waals surface area contributed by atoms with Crippen LogP contribution in [-0.4, -0.2) is 4.70 Å². The summed E-state index contributed by atoms with van der Waals surface area (Å²) in [5, 5.41) is 0. The van der Waals surface area contributed by atoms with E-state index in [-0.39, 0.29) is 16.5 Å². The van der Waals surface area contributed by atoms with Crippen LogP contribution in [0.1, 0.15) is 192 Å². The second kappa shape index (κ2) is 32.0. The number of benzene rings is 2. The fourth-order valence-electron chi connectivity index (χ4n) is 6.64. The number of allylic oxidation sites excluding steroid dienone is 2. The van der Waals surface area contributed by atoms with E-state index >= 15 is 0 Å². The van der Waals surface area contributed by atoms with Gasteiger partial charge in [0.1, 0.15) is 0 Å². The molecule has 2 nitrogen and oxygen atoms in total. The minimum Gasteiger partial charge on any atom is -0.493 e. The van der Waals surface area contributed by atoms with Crippen LogP contribution in [-0.2, 0) is 29.3 Å². The van der Waals surface area contributed by atoms with Gasteiger partial charge in [0.15, 0.2) is 0 Å². The molecular weight excluding hydrogens is 639 g/mol. The van der Waals surface area contributed by atoms with E-state index in [9.17, 15) is 5.53 Å². The molecule has 2 aromatic rings. The molecule has 3 rings (SSSR count). The van der Waals surface area contributed by atoms with Gasteiger partial charge >= 0.3 is 16.5 Å². The summed E-state index contributed by atoms with van der Waals surface area (Å²) in [6.45, 7) is 16.8. The van der Waals surface area contributed by atoms with Gasteiger partial charge in [-0.1, -0.05) is 154 Å². The Morgan fingerprint density at radius 1 is 0.490 bits per heavy atom. The third-order valence-corrected chi connectivity index (χ3v) is 9.42. The van der Waals surface area contributed by atoms with Crippen molar-refractivity contribution in [1.29, 1.82) is 0 Å². The fourth-order valence-corrected chi connectivity index (χ4v) is 6.64. The largest absolute Gasteiger partial charge is 2.00 e. The second-order valence-corrected chi connectivity index (χ2v) is 13.4. The van der Waals surface area contributed by atoms with Gasteiger partial charge in [0.2, 0.25) is 11.4 Å². The Morgan fingerprint density at radius 3 is 1.33 bits per heavy atom. The van der Waals surface area contributed by atoms with E-state index in [2.05, 4.69) is 89.2 Å². The number of hydrogen-bond donors (Lipinski definition) is 0. The van der Waals surface area contributed by atoms with E-state index in [1.807, 2.05) is 0 Å². The Kier molecular flexibility index (Phi) is 30.7. The normalized spacial score (nSPS) is 12.1. The summed E-state index contributed by atoms with van der Waals surface area (Å²) in [6.07, 6.45) is 32.5. The van der Waals surface area contributed by atoms with Gasteiger partial charge in [0.05, 0.1) is 0 Å². The summed E-state index contributed by atoms with van der Waals surface area (Å²) in [4.78, 5) is 0. The molecule has 278 valence electrons. The molecule has 3 heteroatoms. The first-order valence-corrected chi connectivity index (χ1v) is 20.2. The van der Waals surface area contributed by atoms with Crippen molar-refractivity contribution in [3.63, 3.8) is 0 Å². The monoisotopic (exact) mass is 713 g/mol. The van der Waals surface area contributed by atoms with E-state index in [4.69, 9.17) is 0 Å². The Labute approximate surface area is 315 Å². The molecule has 1 aliphatic rings. The van der Waals surface area contributed by atoms with Crippen molar-refractivity contribution in [2.45, 2.75) is 182 Å². The summed E-state index contributed by atoms with van der Waals surface area (Å²) in [6, 6.07) is 17.7. The molecule has 0 aromatic heterocycles. The van der Waals surface area contributed by atoms with Crippen molar-refractivity contribution in [2.75, 3.05) is 0 Å². The SMILES string of the molecule is CCCCCCCCCCCCCCCCCCC1=C(c2cccc(CCCC)c2)[N+](=[N-])C(c2cccc(CCCC)c2)=C1.[CH2-]C.[CH2-]C.[Ni+2]. The number of aryl methyl sites for hydroxylation is 2. The topological polar surface area (TPSA) is 25.3 Å². The van der Waals surface area contributed by atoms with Gasteiger partial charge in [-0.3, -0.25) is 0 Å². The summed E-state index contributed by atoms with van der Waals surface area (Å²) in [5.41, 5.74) is 19.8. The number of unbranched alkanes of at least 4 members (excludes halogenated alkanes) is 17. The quantitative estimate of drug-likeness (QED) is 0.0424. The summed E-state index contributed by atoms with van der Waals surface area (Å²) in [7, 11) is 0. The maximum atomic E-state index is 11.6. The van der Waals surface area contributed by atoms with Crippen molar-refractivity contribution in [2.24, 2.45) is 0 Å². The molecule has 0 saturated heterocycles. The molecule has 1 heterocycles. The third kappa shape index (κ3) is 19.3. The summed E-state index contributed by atoms with van der Waals surface area (Å²) < 4.78 is 1.49. The van der Waals surface area contributed by atoms with Crippen molar-refractivity contribution in [3.05, 3.63) is 102 Å². The molecule has 0 saturated carbocycles. The Bertz CT molecular complexity index is 1160. The van der Waals surface area contributed by atoms with Gasteiger partial charge in [-0.15, -0.1) is 0 Å². The van der Waals surface area contributed by atoms with Crippen LogP contribution < -0.4 is 0 Å². The van der Waals surface area contributed by atoms with Gasteiger partial charge in [0.25, 0.3) is 0 Å². The van der Waals surface area contributed by atoms with Gasteiger partial charge in [-0.2, -0.15) is 13.8 Å². The van der Waals surface area contributed by atoms with Gasteiger partial charge in [-0.25, -0.2) is 4.70 Å². The van der Waals surface area contributed by atoms with Crippen molar-refractivity contribution >= 4 is 11.4 Å². The van der Waals surface area contributed by atoms with Crippen LogP contribution in [0.4, 0.5) is 0 Å². The number of rotatable bonds is 25. The number of hydrogen-bond acceptors (Lipinski definition) is 0. The van der Waals surface area contributed by atoms with E-state index in [0.717, 1.165) is 41.8 Å². The molecule has 0 aliphatic carbocycles. The molecule has 1 aliphatic heterocycles. The molecule has 0 bridgehead atoms. The van der Waals surface area contributed by atoms with E-state index in [0.29, 0.717) is 0 Å². The molecule has 0 fully saturated rings. The predicted molar refractivity (Wildman–Crippen MR) is 215 cm³/mol. The molecule has 0 spiro atoms. The van der Waals surface area contributed by atoms with Crippen LogP contribution in [0.25, 0.3) is 16.9 Å². The van der Waals surface area contributed by atoms with Crippen molar-refractivity contribution < 1.29 is 21.2 Å². The van der Waals surface area contributed by atoms with Crippen molar-refractivity contribution in [1.82, 2.24) is 0 Å². The van der Waals surface area contributed by atoms with Gasteiger partial charge in [0, 0.05) is 22.8 Å². The van der Waals surface area contributed by atoms with Crippen LogP contribution >= 0.6 is 0 Å². The molecular formula is C46H74N2Ni. The standard InChI is InChI=1S/C42H64N2.2C2H5.Ni/c1-4-7-10-11-12-13-14-15-16-17-18-19-20-21-22-23-30-40-35-41(38-31-24-28-36(33-38)26-8-5-2)44(43)42(40)39-32-25-29-37(34-39)27-9-6-3;2*1-2;/h24-25,28-29,31-35H,4-23,26-27,30H2,1-3H3;2*1H2,2H3;/q;2*-1;+2. The van der Waals surface area contributed by atoms with Crippen LogP contribution in [0.3, 0.4) is 0 Å². The summed E-state index contributed by atoms with van der Waals surface area (Å²) in [5.74, 6) is 0. The molecule has 0 amide bonds. The fraction of sp³-hybridized carbons (Fsp3) is 0.609. The van der Waals surface area contributed by atoms with Crippen LogP contribution in [0.15, 0.2) is 60.2 Å².